The Hall–Kier alpha value is -7.25. The number of carbonyl (C=O) groups is 1. The molecular weight excluding hydrogens is 801 g/mol. The molecule has 65 heavy (non-hydrogen) atoms. The molecule has 9 rings (SSSR count). The van der Waals surface area contributed by atoms with Gasteiger partial charge in [-0.15, -0.1) is 0 Å². The monoisotopic (exact) mass is 856 g/mol. The summed E-state index contributed by atoms with van der Waals surface area (Å²) in [5.74, 6) is 0.138. The molecule has 2 aliphatic rings. The molecule has 0 fully saturated rings. The van der Waals surface area contributed by atoms with Gasteiger partial charge in [0.15, 0.2) is 0 Å². The summed E-state index contributed by atoms with van der Waals surface area (Å²) in [7, 11) is 0. The van der Waals surface area contributed by atoms with E-state index in [1.54, 1.807) is 0 Å². The van der Waals surface area contributed by atoms with E-state index in [4.69, 9.17) is 19.8 Å². The van der Waals surface area contributed by atoms with Gasteiger partial charge in [0, 0.05) is 39.8 Å². The van der Waals surface area contributed by atoms with Gasteiger partial charge in [0.1, 0.15) is 5.75 Å². The van der Waals surface area contributed by atoms with Crippen LogP contribution in [0.15, 0.2) is 127 Å². The molecule has 0 aliphatic carbocycles. The molecule has 7 nitrogen and oxygen atoms in total. The number of carboxylic acids is 1. The number of carboxylic acid groups (broad SMARTS) is 1. The Kier molecular flexibility index (Phi) is 13.0. The lowest BCUT2D eigenvalue weighted by atomic mass is 9.89. The molecule has 0 radical (unpaired) electrons. The van der Waals surface area contributed by atoms with Crippen molar-refractivity contribution in [2.24, 2.45) is 0 Å². The van der Waals surface area contributed by atoms with Crippen molar-refractivity contribution in [3.05, 3.63) is 167 Å². The highest BCUT2D eigenvalue weighted by Crippen LogP contribution is 2.49. The fraction of sp³-hybridized carbons (Fsp3) is 0.224. The molecular formula is C58H56N4O3. The lowest BCUT2D eigenvalue weighted by molar-refractivity contribution is -0.137. The van der Waals surface area contributed by atoms with Crippen molar-refractivity contribution in [1.82, 2.24) is 19.5 Å². The maximum Gasteiger partial charge on any atom is 0.303 e. The van der Waals surface area contributed by atoms with Gasteiger partial charge < -0.3 is 19.4 Å². The van der Waals surface area contributed by atoms with Gasteiger partial charge in [0.25, 0.3) is 0 Å². The van der Waals surface area contributed by atoms with Crippen LogP contribution in [0.4, 0.5) is 0 Å². The lowest BCUT2D eigenvalue weighted by Gasteiger charge is -2.16. The Morgan fingerprint density at radius 1 is 0.569 bits per heavy atom. The zero-order chi connectivity index (χ0) is 44.7. The number of nitrogens with zero attached hydrogens (tertiary/aromatic N) is 3. The van der Waals surface area contributed by atoms with Crippen LogP contribution in [0, 0.1) is 20.8 Å². The number of benzene rings is 4. The summed E-state index contributed by atoms with van der Waals surface area (Å²) in [5, 5.41) is 8.88. The van der Waals surface area contributed by atoms with E-state index < -0.39 is 5.97 Å². The maximum absolute atomic E-state index is 10.8. The third kappa shape index (κ3) is 9.65. The van der Waals surface area contributed by atoms with Crippen molar-refractivity contribution in [1.29, 1.82) is 0 Å². The standard InChI is InChI=1S/C58H56N4O3/c1-39-18-11-14-21-49(39)56-53-38-47-30-29-44(60-47)36-43-27-28-45(59-43)37-46-31-34-51(61-46)55(42-25-32-48(33-26-42)65-35-17-9-7-5-4-6-8-10-24-54(63)64)58(57(56)50-22-15-12-19-40(50)2)62(53)52-23-16-13-20-41(52)3/h11-16,18-23,25-34,36-38,59H,4-10,17,24,35H2,1-3H3,(H,63,64). The van der Waals surface area contributed by atoms with Gasteiger partial charge in [0.05, 0.1) is 40.4 Å². The fourth-order valence-corrected chi connectivity index (χ4v) is 9.23. The van der Waals surface area contributed by atoms with Crippen LogP contribution < -0.4 is 4.74 Å². The van der Waals surface area contributed by atoms with Crippen LogP contribution in [0.25, 0.3) is 85.4 Å². The molecule has 7 aromatic rings. The zero-order valence-electron chi connectivity index (χ0n) is 37.6. The second-order valence-electron chi connectivity index (χ2n) is 17.3. The average Bonchev–Trinajstić information content (AvgIpc) is 4.12. The molecule has 8 bridgehead atoms. The Bertz CT molecular complexity index is 3100. The molecule has 326 valence electrons. The molecule has 0 amide bonds. The topological polar surface area (TPSA) is 93.0 Å². The van der Waals surface area contributed by atoms with E-state index in [1.165, 1.54) is 17.5 Å². The first-order chi connectivity index (χ1) is 31.8. The Morgan fingerprint density at radius 2 is 1.12 bits per heavy atom. The van der Waals surface area contributed by atoms with E-state index in [9.17, 15) is 4.79 Å². The second-order valence-corrected chi connectivity index (χ2v) is 17.3. The number of aryl methyl sites for hydroxylation is 3. The van der Waals surface area contributed by atoms with E-state index in [0.717, 1.165) is 140 Å². The number of rotatable bonds is 16. The number of aromatic amines is 1. The van der Waals surface area contributed by atoms with E-state index in [2.05, 4.69) is 182 Å². The Balaban J connectivity index is 1.26. The van der Waals surface area contributed by atoms with E-state index in [0.29, 0.717) is 6.61 Å². The van der Waals surface area contributed by atoms with Crippen molar-refractivity contribution >= 4 is 52.3 Å². The smallest absolute Gasteiger partial charge is 0.303 e. The minimum Gasteiger partial charge on any atom is -0.494 e. The summed E-state index contributed by atoms with van der Waals surface area (Å²) < 4.78 is 8.84. The van der Waals surface area contributed by atoms with E-state index in [1.807, 2.05) is 0 Å². The van der Waals surface area contributed by atoms with Gasteiger partial charge >= 0.3 is 5.97 Å². The molecule has 4 aromatic carbocycles. The predicted octanol–water partition coefficient (Wildman–Crippen LogP) is 15.0. The fourth-order valence-electron chi connectivity index (χ4n) is 9.23. The van der Waals surface area contributed by atoms with E-state index in [-0.39, 0.29) is 6.42 Å². The number of aromatic nitrogens is 4. The minimum absolute atomic E-state index is 0.272. The lowest BCUT2D eigenvalue weighted by Crippen LogP contribution is -2.00. The molecule has 0 unspecified atom stereocenters. The Morgan fingerprint density at radius 3 is 1.77 bits per heavy atom. The summed E-state index contributed by atoms with van der Waals surface area (Å²) in [6.07, 6.45) is 17.2. The number of aliphatic carboxylic acids is 1. The summed E-state index contributed by atoms with van der Waals surface area (Å²) in [5.41, 5.74) is 18.7. The van der Waals surface area contributed by atoms with Gasteiger partial charge in [-0.05, 0) is 140 Å². The number of unbranched alkanes of at least 4 members (excludes halogenated alkanes) is 7. The number of hydrogen-bond donors (Lipinski definition) is 2. The molecule has 0 saturated carbocycles. The van der Waals surface area contributed by atoms with Crippen LogP contribution >= 0.6 is 0 Å². The molecule has 2 aliphatic heterocycles. The van der Waals surface area contributed by atoms with Gasteiger partial charge in [-0.25, -0.2) is 9.97 Å². The summed E-state index contributed by atoms with van der Waals surface area (Å²) in [6, 6.07) is 45.3. The third-order valence-corrected chi connectivity index (χ3v) is 12.5. The highest BCUT2D eigenvalue weighted by atomic mass is 16.5. The number of para-hydroxylation sites is 1. The molecule has 0 saturated heterocycles. The molecule has 2 N–H and O–H groups in total. The van der Waals surface area contributed by atoms with Crippen molar-refractivity contribution in [3.8, 4) is 44.8 Å². The molecule has 0 atom stereocenters. The second kappa shape index (κ2) is 19.6. The van der Waals surface area contributed by atoms with Gasteiger partial charge in [-0.2, -0.15) is 0 Å². The minimum atomic E-state index is -0.701. The largest absolute Gasteiger partial charge is 0.494 e. The van der Waals surface area contributed by atoms with Crippen LogP contribution in [0.5, 0.6) is 5.75 Å². The summed E-state index contributed by atoms with van der Waals surface area (Å²) in [4.78, 5) is 25.0. The first kappa shape index (κ1) is 43.0. The number of ether oxygens (including phenoxy) is 1. The molecule has 3 aromatic heterocycles. The van der Waals surface area contributed by atoms with Gasteiger partial charge in [0.2, 0.25) is 0 Å². The maximum atomic E-state index is 10.8. The third-order valence-electron chi connectivity index (χ3n) is 12.5. The zero-order valence-corrected chi connectivity index (χ0v) is 37.6. The quantitative estimate of drug-likeness (QED) is 0.0944. The highest BCUT2D eigenvalue weighted by Gasteiger charge is 2.27. The first-order valence-corrected chi connectivity index (χ1v) is 23.1. The van der Waals surface area contributed by atoms with Crippen molar-refractivity contribution in [2.75, 3.05) is 6.61 Å². The van der Waals surface area contributed by atoms with Gasteiger partial charge in [-0.1, -0.05) is 117 Å². The van der Waals surface area contributed by atoms with E-state index >= 15 is 0 Å². The van der Waals surface area contributed by atoms with Crippen LogP contribution in [0.2, 0.25) is 0 Å². The number of fused-ring (bicyclic) bond motifs is 8. The number of hydrogen-bond acceptors (Lipinski definition) is 4. The average molecular weight is 857 g/mol. The van der Waals surface area contributed by atoms with Gasteiger partial charge in [-0.3, -0.25) is 4.79 Å². The molecule has 0 spiro atoms. The number of H-pyrrole nitrogens is 1. The summed E-state index contributed by atoms with van der Waals surface area (Å²) in [6.45, 7) is 7.26. The highest BCUT2D eigenvalue weighted by molar-refractivity contribution is 6.11. The molecule has 7 heteroatoms. The Labute approximate surface area is 381 Å². The van der Waals surface area contributed by atoms with Crippen molar-refractivity contribution < 1.29 is 14.6 Å². The SMILES string of the molecule is Cc1ccccc1-c1c(-c2ccccc2C)c2c(-c3ccc(OCCCCCCCCCCC(=O)O)cc3)c3nc(cc4ccc(cc5nc(cc1n2-c1ccccc1C)C=C5)[nH]4)C=C3. The van der Waals surface area contributed by atoms with Crippen molar-refractivity contribution in [2.45, 2.75) is 78.6 Å². The predicted molar refractivity (Wildman–Crippen MR) is 269 cm³/mol. The first-order valence-electron chi connectivity index (χ1n) is 23.1. The van der Waals surface area contributed by atoms with Crippen LogP contribution in [-0.4, -0.2) is 37.2 Å². The van der Waals surface area contributed by atoms with Crippen LogP contribution in [-0.2, 0) is 4.79 Å². The van der Waals surface area contributed by atoms with Crippen molar-refractivity contribution in [3.63, 3.8) is 0 Å². The number of nitrogens with one attached hydrogen (secondary N) is 1. The van der Waals surface area contributed by atoms with Crippen LogP contribution in [0.3, 0.4) is 0 Å². The summed E-state index contributed by atoms with van der Waals surface area (Å²) >= 11 is 0. The molecule has 5 heterocycles. The van der Waals surface area contributed by atoms with Crippen LogP contribution in [0.1, 0.15) is 97.3 Å². The normalized spacial score (nSPS) is 11.9.